The van der Waals surface area contributed by atoms with Crippen molar-refractivity contribution in [1.29, 1.82) is 0 Å². The normalized spacial score (nSPS) is 17.6. The van der Waals surface area contributed by atoms with Crippen LogP contribution in [0.4, 0.5) is 0 Å². The van der Waals surface area contributed by atoms with Crippen molar-refractivity contribution in [2.24, 2.45) is 0 Å². The van der Waals surface area contributed by atoms with Crippen LogP contribution in [0.3, 0.4) is 0 Å². The summed E-state index contributed by atoms with van der Waals surface area (Å²) in [6, 6.07) is 13.7. The van der Waals surface area contributed by atoms with E-state index >= 15 is 0 Å². The quantitative estimate of drug-likeness (QED) is 0.919. The Morgan fingerprint density at radius 3 is 2.40 bits per heavy atom. The first kappa shape index (κ1) is 13.0. The molecule has 0 saturated heterocycles. The van der Waals surface area contributed by atoms with Crippen LogP contribution in [0.5, 0.6) is 0 Å². The SMILES string of the molecule is O=C(NC1(c2ccccc2)CCCCC1)c1ccco1. The van der Waals surface area contributed by atoms with Gasteiger partial charge in [0.1, 0.15) is 0 Å². The molecular weight excluding hydrogens is 250 g/mol. The van der Waals surface area contributed by atoms with Crippen molar-refractivity contribution < 1.29 is 9.21 Å². The third-order valence-corrected chi connectivity index (χ3v) is 4.13. The highest BCUT2D eigenvalue weighted by molar-refractivity contribution is 5.92. The summed E-state index contributed by atoms with van der Waals surface area (Å²) in [6.07, 6.45) is 7.05. The number of carbonyl (C=O) groups excluding carboxylic acids is 1. The summed E-state index contributed by atoms with van der Waals surface area (Å²) in [7, 11) is 0. The zero-order valence-corrected chi connectivity index (χ0v) is 11.5. The zero-order chi connectivity index (χ0) is 13.8. The predicted molar refractivity (Wildman–Crippen MR) is 77.4 cm³/mol. The van der Waals surface area contributed by atoms with Crippen LogP contribution in [0.15, 0.2) is 53.1 Å². The van der Waals surface area contributed by atoms with Crippen LogP contribution in [0.2, 0.25) is 0 Å². The molecule has 0 bridgehead atoms. The highest BCUT2D eigenvalue weighted by Gasteiger charge is 2.35. The van der Waals surface area contributed by atoms with Gasteiger partial charge in [-0.15, -0.1) is 0 Å². The first-order valence-electron chi connectivity index (χ1n) is 7.22. The van der Waals surface area contributed by atoms with Gasteiger partial charge in [0.15, 0.2) is 5.76 Å². The number of carbonyl (C=O) groups is 1. The van der Waals surface area contributed by atoms with Crippen LogP contribution in [0, 0.1) is 0 Å². The van der Waals surface area contributed by atoms with Crippen molar-refractivity contribution in [3.05, 3.63) is 60.1 Å². The minimum Gasteiger partial charge on any atom is -0.459 e. The minimum absolute atomic E-state index is 0.124. The van der Waals surface area contributed by atoms with Gasteiger partial charge in [0.25, 0.3) is 5.91 Å². The predicted octanol–water partition coefficient (Wildman–Crippen LogP) is 3.87. The molecule has 1 saturated carbocycles. The van der Waals surface area contributed by atoms with Gasteiger partial charge in [-0.1, -0.05) is 49.6 Å². The van der Waals surface area contributed by atoms with Gasteiger partial charge in [0.2, 0.25) is 0 Å². The highest BCUT2D eigenvalue weighted by Crippen LogP contribution is 2.37. The van der Waals surface area contributed by atoms with Gasteiger partial charge >= 0.3 is 0 Å². The summed E-state index contributed by atoms with van der Waals surface area (Å²) in [5.74, 6) is 0.256. The average molecular weight is 269 g/mol. The van der Waals surface area contributed by atoms with Gasteiger partial charge in [0.05, 0.1) is 11.8 Å². The van der Waals surface area contributed by atoms with Crippen molar-refractivity contribution in [2.75, 3.05) is 0 Å². The Bertz CT molecular complexity index is 554. The summed E-state index contributed by atoms with van der Waals surface area (Å²) >= 11 is 0. The van der Waals surface area contributed by atoms with Crippen LogP contribution in [-0.2, 0) is 5.54 Å². The number of furan rings is 1. The Labute approximate surface area is 119 Å². The van der Waals surface area contributed by atoms with Gasteiger partial charge in [0, 0.05) is 0 Å². The maximum atomic E-state index is 12.3. The lowest BCUT2D eigenvalue weighted by molar-refractivity contribution is 0.0837. The number of hydrogen-bond donors (Lipinski definition) is 1. The molecule has 1 heterocycles. The summed E-state index contributed by atoms with van der Waals surface area (Å²) < 4.78 is 5.21. The standard InChI is InChI=1S/C17H19NO2/c19-16(15-10-7-13-20-15)18-17(11-5-2-6-12-17)14-8-3-1-4-9-14/h1,3-4,7-10,13H,2,5-6,11-12H2,(H,18,19). The van der Waals surface area contributed by atoms with E-state index in [-0.39, 0.29) is 11.4 Å². The Morgan fingerprint density at radius 1 is 1.00 bits per heavy atom. The molecule has 0 spiro atoms. The fourth-order valence-electron chi connectivity index (χ4n) is 3.09. The van der Waals surface area contributed by atoms with E-state index in [1.807, 2.05) is 18.2 Å². The maximum Gasteiger partial charge on any atom is 0.287 e. The third-order valence-electron chi connectivity index (χ3n) is 4.13. The van der Waals surface area contributed by atoms with E-state index in [4.69, 9.17) is 4.42 Å². The molecule has 20 heavy (non-hydrogen) atoms. The van der Waals surface area contributed by atoms with E-state index in [1.165, 1.54) is 18.2 Å². The second kappa shape index (κ2) is 5.53. The fraction of sp³-hybridized carbons (Fsp3) is 0.353. The molecule has 0 aliphatic heterocycles. The van der Waals surface area contributed by atoms with Crippen molar-refractivity contribution in [3.63, 3.8) is 0 Å². The van der Waals surface area contributed by atoms with Crippen molar-refractivity contribution in [1.82, 2.24) is 5.32 Å². The van der Waals surface area contributed by atoms with Gasteiger partial charge in [-0.25, -0.2) is 0 Å². The molecule has 3 nitrogen and oxygen atoms in total. The molecule has 3 rings (SSSR count). The Kier molecular flexibility index (Phi) is 3.59. The highest BCUT2D eigenvalue weighted by atomic mass is 16.3. The van der Waals surface area contributed by atoms with Gasteiger partial charge in [-0.2, -0.15) is 0 Å². The second-order valence-electron chi connectivity index (χ2n) is 5.44. The molecule has 0 unspecified atom stereocenters. The van der Waals surface area contributed by atoms with Crippen molar-refractivity contribution in [2.45, 2.75) is 37.6 Å². The third kappa shape index (κ3) is 2.48. The Balaban J connectivity index is 1.88. The maximum absolute atomic E-state index is 12.3. The number of hydrogen-bond acceptors (Lipinski definition) is 2. The number of amides is 1. The van der Waals surface area contributed by atoms with E-state index in [0.717, 1.165) is 25.7 Å². The number of benzene rings is 1. The van der Waals surface area contributed by atoms with Crippen LogP contribution in [-0.4, -0.2) is 5.91 Å². The molecule has 104 valence electrons. The van der Waals surface area contributed by atoms with E-state index in [2.05, 4.69) is 17.4 Å². The first-order valence-corrected chi connectivity index (χ1v) is 7.22. The molecule has 1 N–H and O–H groups in total. The molecule has 1 fully saturated rings. The molecule has 1 aromatic heterocycles. The monoisotopic (exact) mass is 269 g/mol. The fourth-order valence-corrected chi connectivity index (χ4v) is 3.09. The average Bonchev–Trinajstić information content (AvgIpc) is 3.03. The summed E-state index contributed by atoms with van der Waals surface area (Å²) in [4.78, 5) is 12.3. The zero-order valence-electron chi connectivity index (χ0n) is 11.5. The summed E-state index contributed by atoms with van der Waals surface area (Å²) in [5.41, 5.74) is 0.947. The van der Waals surface area contributed by atoms with Gasteiger partial charge in [-0.05, 0) is 30.5 Å². The molecule has 1 aromatic carbocycles. The van der Waals surface area contributed by atoms with E-state index in [0.29, 0.717) is 5.76 Å². The molecule has 0 radical (unpaired) electrons. The lowest BCUT2D eigenvalue weighted by atomic mass is 9.76. The molecular formula is C17H19NO2. The second-order valence-corrected chi connectivity index (χ2v) is 5.44. The number of nitrogens with one attached hydrogen (secondary N) is 1. The molecule has 0 atom stereocenters. The van der Waals surface area contributed by atoms with Crippen molar-refractivity contribution in [3.8, 4) is 0 Å². The Hall–Kier alpha value is -2.03. The molecule has 1 aliphatic carbocycles. The molecule has 2 aromatic rings. The van der Waals surface area contributed by atoms with Gasteiger partial charge in [-0.3, -0.25) is 4.79 Å². The number of rotatable bonds is 3. The van der Waals surface area contributed by atoms with Gasteiger partial charge < -0.3 is 9.73 Å². The largest absolute Gasteiger partial charge is 0.459 e. The van der Waals surface area contributed by atoms with E-state index < -0.39 is 0 Å². The van der Waals surface area contributed by atoms with E-state index in [9.17, 15) is 4.79 Å². The van der Waals surface area contributed by atoms with Crippen LogP contribution in [0.1, 0.15) is 48.2 Å². The Morgan fingerprint density at radius 2 is 1.75 bits per heavy atom. The summed E-state index contributed by atoms with van der Waals surface area (Å²) in [6.45, 7) is 0. The first-order chi connectivity index (χ1) is 9.80. The van der Waals surface area contributed by atoms with Crippen LogP contribution < -0.4 is 5.32 Å². The smallest absolute Gasteiger partial charge is 0.287 e. The molecule has 1 aliphatic rings. The molecule has 3 heteroatoms. The van der Waals surface area contributed by atoms with Crippen LogP contribution in [0.25, 0.3) is 0 Å². The summed E-state index contributed by atoms with van der Waals surface area (Å²) in [5, 5.41) is 3.22. The van der Waals surface area contributed by atoms with Crippen molar-refractivity contribution >= 4 is 5.91 Å². The lowest BCUT2D eigenvalue weighted by Gasteiger charge is -2.38. The van der Waals surface area contributed by atoms with Crippen LogP contribution >= 0.6 is 0 Å². The molecule has 1 amide bonds. The lowest BCUT2D eigenvalue weighted by Crippen LogP contribution is -2.47. The van der Waals surface area contributed by atoms with E-state index in [1.54, 1.807) is 12.1 Å². The topological polar surface area (TPSA) is 42.2 Å². The minimum atomic E-state index is -0.247.